The van der Waals surface area contributed by atoms with E-state index >= 15 is 0 Å². The Balaban J connectivity index is 1.77. The van der Waals surface area contributed by atoms with E-state index in [0.29, 0.717) is 30.3 Å². The van der Waals surface area contributed by atoms with Gasteiger partial charge in [-0.1, -0.05) is 31.0 Å². The van der Waals surface area contributed by atoms with Gasteiger partial charge in [-0.05, 0) is 37.3 Å². The van der Waals surface area contributed by atoms with Gasteiger partial charge in [0.05, 0.1) is 4.90 Å². The lowest BCUT2D eigenvalue weighted by molar-refractivity contribution is -0.129. The zero-order chi connectivity index (χ0) is 16.7. The third kappa shape index (κ3) is 5.02. The molecule has 2 N–H and O–H groups in total. The van der Waals surface area contributed by atoms with Gasteiger partial charge in [-0.2, -0.15) is 4.31 Å². The molecule has 0 aromatic heterocycles. The highest BCUT2D eigenvalue weighted by atomic mass is 32.2. The zero-order valence-electron chi connectivity index (χ0n) is 13.1. The van der Waals surface area contributed by atoms with E-state index in [1.54, 1.807) is 34.1 Å². The van der Waals surface area contributed by atoms with Crippen LogP contribution in [0.2, 0.25) is 0 Å². The summed E-state index contributed by atoms with van der Waals surface area (Å²) in [5.41, 5.74) is 1.63. The van der Waals surface area contributed by atoms with Crippen LogP contribution in [0.3, 0.4) is 0 Å². The van der Waals surface area contributed by atoms with E-state index in [-0.39, 0.29) is 5.91 Å². The molecule has 0 radical (unpaired) electrons. The van der Waals surface area contributed by atoms with Crippen LogP contribution in [0.1, 0.15) is 38.5 Å². The fourth-order valence-corrected chi connectivity index (χ4v) is 4.45. The first-order valence-corrected chi connectivity index (χ1v) is 9.46. The normalized spacial score (nSPS) is 17.1. The van der Waals surface area contributed by atoms with Crippen molar-refractivity contribution in [2.45, 2.75) is 43.4 Å². The van der Waals surface area contributed by atoms with E-state index in [1.165, 1.54) is 0 Å². The second-order valence-corrected chi connectivity index (χ2v) is 7.88. The summed E-state index contributed by atoms with van der Waals surface area (Å²) in [5, 5.41) is 8.42. The third-order valence-corrected chi connectivity index (χ3v) is 6.26. The second-order valence-electron chi connectivity index (χ2n) is 5.94. The molecule has 2 rings (SSSR count). The average molecular weight is 340 g/mol. The van der Waals surface area contributed by atoms with E-state index < -0.39 is 10.0 Å². The number of unbranched alkanes of at least 4 members (excludes halogenated alkanes) is 1. The number of benzene rings is 1. The highest BCUT2D eigenvalue weighted by Gasteiger charge is 2.28. The van der Waals surface area contributed by atoms with Crippen LogP contribution in [0.5, 0.6) is 0 Å². The summed E-state index contributed by atoms with van der Waals surface area (Å²) in [6, 6.07) is 8.55. The largest absolute Gasteiger partial charge is 0.289 e. The van der Waals surface area contributed by atoms with Crippen LogP contribution in [0.25, 0.3) is 0 Å². The molecule has 6 nitrogen and oxygen atoms in total. The van der Waals surface area contributed by atoms with Crippen molar-refractivity contribution in [2.24, 2.45) is 5.92 Å². The Labute approximate surface area is 137 Å². The zero-order valence-corrected chi connectivity index (χ0v) is 14.0. The van der Waals surface area contributed by atoms with Gasteiger partial charge in [0.25, 0.3) is 0 Å². The molecule has 1 aromatic carbocycles. The molecule has 0 spiro atoms. The summed E-state index contributed by atoms with van der Waals surface area (Å²) >= 11 is 0. The molecular formula is C16H24N2O4S. The molecule has 7 heteroatoms. The van der Waals surface area contributed by atoms with Gasteiger partial charge in [-0.25, -0.2) is 13.9 Å². The average Bonchev–Trinajstić information content (AvgIpc) is 2.59. The molecule has 1 fully saturated rings. The number of carbonyl (C=O) groups is 1. The number of sulfonamides is 1. The minimum Gasteiger partial charge on any atom is -0.289 e. The van der Waals surface area contributed by atoms with E-state index in [4.69, 9.17) is 5.21 Å². The van der Waals surface area contributed by atoms with Crippen LogP contribution in [0, 0.1) is 5.92 Å². The number of hydrogen-bond acceptors (Lipinski definition) is 4. The Bertz CT molecular complexity index is 596. The van der Waals surface area contributed by atoms with Crippen molar-refractivity contribution in [1.82, 2.24) is 9.79 Å². The number of amides is 1. The quantitative estimate of drug-likeness (QED) is 0.452. The maximum absolute atomic E-state index is 12.5. The van der Waals surface area contributed by atoms with Crippen molar-refractivity contribution in [3.05, 3.63) is 30.3 Å². The number of hydrogen-bond donors (Lipinski definition) is 2. The first kappa shape index (κ1) is 17.9. The number of nitrogens with one attached hydrogen (secondary N) is 1. The predicted molar refractivity (Wildman–Crippen MR) is 86.3 cm³/mol. The van der Waals surface area contributed by atoms with Gasteiger partial charge in [-0.15, -0.1) is 0 Å². The first-order chi connectivity index (χ1) is 11.0. The summed E-state index contributed by atoms with van der Waals surface area (Å²) in [5.74, 6) is 0.156. The Kier molecular flexibility index (Phi) is 6.56. The standard InChI is InChI=1S/C16H24N2O4S/c19-16(17-20)9-5-4-6-14-10-12-18(13-11-14)23(21,22)15-7-2-1-3-8-15/h1-3,7-8,14,20H,4-6,9-13H2,(H,17,19). The van der Waals surface area contributed by atoms with Crippen LogP contribution < -0.4 is 5.48 Å². The SMILES string of the molecule is O=C(CCCCC1CCN(S(=O)(=O)c2ccccc2)CC1)NO. The van der Waals surface area contributed by atoms with Crippen LogP contribution in [0.4, 0.5) is 0 Å². The summed E-state index contributed by atoms with van der Waals surface area (Å²) in [4.78, 5) is 11.3. The van der Waals surface area contributed by atoms with Crippen molar-refractivity contribution in [3.63, 3.8) is 0 Å². The molecule has 0 aliphatic carbocycles. The molecule has 0 atom stereocenters. The molecule has 1 saturated heterocycles. The van der Waals surface area contributed by atoms with Crippen molar-refractivity contribution >= 4 is 15.9 Å². The summed E-state index contributed by atoms with van der Waals surface area (Å²) in [7, 11) is -3.37. The molecule has 1 aliphatic rings. The summed E-state index contributed by atoms with van der Waals surface area (Å²) in [6.45, 7) is 1.11. The molecule has 0 saturated carbocycles. The topological polar surface area (TPSA) is 86.7 Å². The van der Waals surface area contributed by atoms with Crippen molar-refractivity contribution in [2.75, 3.05) is 13.1 Å². The van der Waals surface area contributed by atoms with Crippen LogP contribution in [0.15, 0.2) is 35.2 Å². The number of rotatable bonds is 7. The molecule has 0 bridgehead atoms. The van der Waals surface area contributed by atoms with Crippen molar-refractivity contribution in [3.8, 4) is 0 Å². The van der Waals surface area contributed by atoms with Crippen LogP contribution >= 0.6 is 0 Å². The number of carbonyl (C=O) groups excluding carboxylic acids is 1. The smallest absolute Gasteiger partial charge is 0.243 e. The second kappa shape index (κ2) is 8.42. The minimum atomic E-state index is -3.37. The molecule has 1 aliphatic heterocycles. The van der Waals surface area contributed by atoms with E-state index in [1.807, 2.05) is 6.07 Å². The maximum Gasteiger partial charge on any atom is 0.243 e. The van der Waals surface area contributed by atoms with E-state index in [9.17, 15) is 13.2 Å². The molecular weight excluding hydrogens is 316 g/mol. The Hall–Kier alpha value is -1.44. The Morgan fingerprint density at radius 2 is 1.83 bits per heavy atom. The van der Waals surface area contributed by atoms with Gasteiger partial charge < -0.3 is 0 Å². The fourth-order valence-electron chi connectivity index (χ4n) is 2.95. The molecule has 1 aromatic rings. The van der Waals surface area contributed by atoms with E-state index in [2.05, 4.69) is 0 Å². The van der Waals surface area contributed by atoms with Gasteiger partial charge in [0.2, 0.25) is 15.9 Å². The minimum absolute atomic E-state index is 0.331. The monoisotopic (exact) mass is 340 g/mol. The number of piperidine rings is 1. The van der Waals surface area contributed by atoms with Crippen LogP contribution in [-0.4, -0.2) is 36.9 Å². The van der Waals surface area contributed by atoms with Crippen molar-refractivity contribution < 1.29 is 18.4 Å². The molecule has 23 heavy (non-hydrogen) atoms. The first-order valence-electron chi connectivity index (χ1n) is 8.02. The molecule has 1 amide bonds. The lowest BCUT2D eigenvalue weighted by Crippen LogP contribution is -2.38. The van der Waals surface area contributed by atoms with Gasteiger partial charge in [0, 0.05) is 19.5 Å². The Morgan fingerprint density at radius 1 is 1.17 bits per heavy atom. The van der Waals surface area contributed by atoms with Gasteiger partial charge in [0.1, 0.15) is 0 Å². The lowest BCUT2D eigenvalue weighted by atomic mass is 9.92. The van der Waals surface area contributed by atoms with Crippen LogP contribution in [-0.2, 0) is 14.8 Å². The van der Waals surface area contributed by atoms with E-state index in [0.717, 1.165) is 32.1 Å². The molecule has 128 valence electrons. The highest BCUT2D eigenvalue weighted by Crippen LogP contribution is 2.26. The third-order valence-electron chi connectivity index (χ3n) is 4.35. The molecule has 1 heterocycles. The van der Waals surface area contributed by atoms with Gasteiger partial charge >= 0.3 is 0 Å². The summed E-state index contributed by atoms with van der Waals surface area (Å²) < 4.78 is 26.6. The maximum atomic E-state index is 12.5. The lowest BCUT2D eigenvalue weighted by Gasteiger charge is -2.31. The highest BCUT2D eigenvalue weighted by molar-refractivity contribution is 7.89. The summed E-state index contributed by atoms with van der Waals surface area (Å²) in [6.07, 6.45) is 4.71. The van der Waals surface area contributed by atoms with Gasteiger partial charge in [-0.3, -0.25) is 10.0 Å². The van der Waals surface area contributed by atoms with Crippen molar-refractivity contribution in [1.29, 1.82) is 0 Å². The molecule has 0 unspecified atom stereocenters. The number of nitrogens with zero attached hydrogens (tertiary/aromatic N) is 1. The predicted octanol–water partition coefficient (Wildman–Crippen LogP) is 2.15. The number of hydroxylamine groups is 1. The fraction of sp³-hybridized carbons (Fsp3) is 0.562. The Morgan fingerprint density at radius 3 is 2.43 bits per heavy atom. The van der Waals surface area contributed by atoms with Gasteiger partial charge in [0.15, 0.2) is 0 Å².